The van der Waals surface area contributed by atoms with E-state index in [-0.39, 0.29) is 5.91 Å². The van der Waals surface area contributed by atoms with E-state index in [9.17, 15) is 4.79 Å². The normalized spacial score (nSPS) is 11.0. The Morgan fingerprint density at radius 2 is 1.77 bits per heavy atom. The minimum atomic E-state index is -0.0597. The Balaban J connectivity index is 1.77. The molecule has 1 aromatic carbocycles. The summed E-state index contributed by atoms with van der Waals surface area (Å²) in [5.74, 6) is 1.39. The summed E-state index contributed by atoms with van der Waals surface area (Å²) >= 11 is 0. The predicted octanol–water partition coefficient (Wildman–Crippen LogP) is 3.97. The number of aromatic nitrogens is 3. The minimum absolute atomic E-state index is 0.0597. The number of hydrogen-bond acceptors (Lipinski definition) is 4. The van der Waals surface area contributed by atoms with Gasteiger partial charge in [-0.15, -0.1) is 0 Å². The first-order chi connectivity index (χ1) is 12.3. The second kappa shape index (κ2) is 7.15. The second-order valence-corrected chi connectivity index (χ2v) is 6.78. The summed E-state index contributed by atoms with van der Waals surface area (Å²) in [6.45, 7) is 9.77. The molecule has 1 amide bonds. The van der Waals surface area contributed by atoms with Crippen LogP contribution in [-0.2, 0) is 11.2 Å². The van der Waals surface area contributed by atoms with Gasteiger partial charge in [-0.05, 0) is 64.3 Å². The SMILES string of the molecule is Cc1cc(C)cc(-n2nc(C)cc2NC(=O)CCc2c(C)noc2C)c1. The van der Waals surface area contributed by atoms with Gasteiger partial charge in [-0.25, -0.2) is 4.68 Å². The summed E-state index contributed by atoms with van der Waals surface area (Å²) < 4.78 is 6.93. The van der Waals surface area contributed by atoms with Crippen LogP contribution in [0.1, 0.15) is 40.3 Å². The number of nitrogens with one attached hydrogen (secondary N) is 1. The van der Waals surface area contributed by atoms with Crippen LogP contribution in [0, 0.1) is 34.6 Å². The molecule has 0 aliphatic heterocycles. The highest BCUT2D eigenvalue weighted by molar-refractivity contribution is 5.90. The number of hydrogen-bond donors (Lipinski definition) is 1. The first-order valence-corrected chi connectivity index (χ1v) is 8.70. The van der Waals surface area contributed by atoms with Gasteiger partial charge in [-0.1, -0.05) is 11.2 Å². The van der Waals surface area contributed by atoms with Gasteiger partial charge < -0.3 is 9.84 Å². The molecule has 0 unspecified atom stereocenters. The van der Waals surface area contributed by atoms with Gasteiger partial charge in [0.05, 0.1) is 17.1 Å². The number of amides is 1. The fourth-order valence-corrected chi connectivity index (χ4v) is 3.16. The first-order valence-electron chi connectivity index (χ1n) is 8.70. The van der Waals surface area contributed by atoms with E-state index in [1.54, 1.807) is 4.68 Å². The van der Waals surface area contributed by atoms with Crippen molar-refractivity contribution in [3.63, 3.8) is 0 Å². The van der Waals surface area contributed by atoms with E-state index < -0.39 is 0 Å². The van der Waals surface area contributed by atoms with Gasteiger partial charge in [0.1, 0.15) is 11.6 Å². The van der Waals surface area contributed by atoms with Crippen molar-refractivity contribution in [2.24, 2.45) is 0 Å². The van der Waals surface area contributed by atoms with Crippen LogP contribution in [0.2, 0.25) is 0 Å². The quantitative estimate of drug-likeness (QED) is 0.754. The van der Waals surface area contributed by atoms with Crippen molar-refractivity contribution < 1.29 is 9.32 Å². The number of nitrogens with zero attached hydrogens (tertiary/aromatic N) is 3. The Morgan fingerprint density at radius 1 is 1.08 bits per heavy atom. The van der Waals surface area contributed by atoms with Crippen LogP contribution in [-0.4, -0.2) is 20.8 Å². The van der Waals surface area contributed by atoms with E-state index >= 15 is 0 Å². The van der Waals surface area contributed by atoms with E-state index in [0.29, 0.717) is 18.7 Å². The number of benzene rings is 1. The standard InChI is InChI=1S/C20H24N4O2/c1-12-8-13(2)10-17(9-12)24-19(11-14(3)22-24)21-20(25)7-6-18-15(4)23-26-16(18)5/h8-11H,6-7H2,1-5H3,(H,21,25). The van der Waals surface area contributed by atoms with Crippen molar-refractivity contribution in [3.8, 4) is 5.69 Å². The molecule has 0 radical (unpaired) electrons. The number of anilines is 1. The highest BCUT2D eigenvalue weighted by atomic mass is 16.5. The molecule has 26 heavy (non-hydrogen) atoms. The van der Waals surface area contributed by atoms with E-state index in [4.69, 9.17) is 4.52 Å². The molecule has 0 spiro atoms. The van der Waals surface area contributed by atoms with Crippen LogP contribution in [0.25, 0.3) is 5.69 Å². The zero-order chi connectivity index (χ0) is 18.8. The van der Waals surface area contributed by atoms with Gasteiger partial charge in [0.2, 0.25) is 5.91 Å². The Labute approximate surface area is 153 Å². The molecule has 136 valence electrons. The summed E-state index contributed by atoms with van der Waals surface area (Å²) in [5.41, 5.74) is 5.94. The highest BCUT2D eigenvalue weighted by Gasteiger charge is 2.14. The maximum atomic E-state index is 12.5. The molecule has 0 saturated heterocycles. The predicted molar refractivity (Wildman–Crippen MR) is 101 cm³/mol. The third-order valence-electron chi connectivity index (χ3n) is 4.33. The van der Waals surface area contributed by atoms with Crippen LogP contribution >= 0.6 is 0 Å². The summed E-state index contributed by atoms with van der Waals surface area (Å²) in [7, 11) is 0. The van der Waals surface area contributed by atoms with Crippen molar-refractivity contribution >= 4 is 11.7 Å². The van der Waals surface area contributed by atoms with Gasteiger partial charge in [0, 0.05) is 18.1 Å². The lowest BCUT2D eigenvalue weighted by molar-refractivity contribution is -0.116. The van der Waals surface area contributed by atoms with Crippen molar-refractivity contribution in [2.75, 3.05) is 5.32 Å². The molecule has 0 bridgehead atoms. The zero-order valence-electron chi connectivity index (χ0n) is 15.9. The third-order valence-corrected chi connectivity index (χ3v) is 4.33. The number of aryl methyl sites for hydroxylation is 5. The van der Waals surface area contributed by atoms with Gasteiger partial charge in [0.15, 0.2) is 0 Å². The maximum Gasteiger partial charge on any atom is 0.225 e. The Kier molecular flexibility index (Phi) is 4.93. The zero-order valence-corrected chi connectivity index (χ0v) is 15.9. The van der Waals surface area contributed by atoms with Gasteiger partial charge in [0.25, 0.3) is 0 Å². The number of carbonyl (C=O) groups excluding carboxylic acids is 1. The summed E-state index contributed by atoms with van der Waals surface area (Å²) in [4.78, 5) is 12.5. The minimum Gasteiger partial charge on any atom is -0.361 e. The smallest absolute Gasteiger partial charge is 0.225 e. The van der Waals surface area contributed by atoms with Crippen molar-refractivity contribution in [1.82, 2.24) is 14.9 Å². The molecule has 3 rings (SSSR count). The van der Waals surface area contributed by atoms with Gasteiger partial charge >= 0.3 is 0 Å². The second-order valence-electron chi connectivity index (χ2n) is 6.78. The maximum absolute atomic E-state index is 12.5. The Hall–Kier alpha value is -2.89. The average Bonchev–Trinajstić information content (AvgIpc) is 3.07. The first kappa shape index (κ1) is 17.9. The van der Waals surface area contributed by atoms with Crippen LogP contribution in [0.15, 0.2) is 28.8 Å². The van der Waals surface area contributed by atoms with Gasteiger partial charge in [-0.3, -0.25) is 4.79 Å². The molecule has 0 fully saturated rings. The average molecular weight is 352 g/mol. The summed E-state index contributed by atoms with van der Waals surface area (Å²) in [5, 5.41) is 11.4. The Morgan fingerprint density at radius 3 is 2.38 bits per heavy atom. The topological polar surface area (TPSA) is 73.0 Å². The van der Waals surface area contributed by atoms with Crippen molar-refractivity contribution in [3.05, 3.63) is 58.1 Å². The van der Waals surface area contributed by atoms with E-state index in [1.807, 2.05) is 26.8 Å². The Bertz CT molecular complexity index is 913. The van der Waals surface area contributed by atoms with Crippen LogP contribution in [0.3, 0.4) is 0 Å². The molecule has 1 N–H and O–H groups in total. The van der Waals surface area contributed by atoms with E-state index in [2.05, 4.69) is 47.6 Å². The van der Waals surface area contributed by atoms with Crippen LogP contribution < -0.4 is 5.32 Å². The monoisotopic (exact) mass is 352 g/mol. The van der Waals surface area contributed by atoms with E-state index in [0.717, 1.165) is 39.5 Å². The largest absolute Gasteiger partial charge is 0.361 e. The number of carbonyl (C=O) groups is 1. The lowest BCUT2D eigenvalue weighted by Gasteiger charge is -2.10. The molecular weight excluding hydrogens is 328 g/mol. The van der Waals surface area contributed by atoms with Crippen LogP contribution in [0.5, 0.6) is 0 Å². The molecule has 6 nitrogen and oxygen atoms in total. The molecule has 0 aliphatic rings. The number of rotatable bonds is 5. The fourth-order valence-electron chi connectivity index (χ4n) is 3.16. The fraction of sp³-hybridized carbons (Fsp3) is 0.350. The molecule has 2 aromatic heterocycles. The van der Waals surface area contributed by atoms with E-state index in [1.165, 1.54) is 0 Å². The summed E-state index contributed by atoms with van der Waals surface area (Å²) in [6.07, 6.45) is 0.962. The highest BCUT2D eigenvalue weighted by Crippen LogP contribution is 2.20. The third kappa shape index (κ3) is 3.85. The van der Waals surface area contributed by atoms with Crippen molar-refractivity contribution in [1.29, 1.82) is 0 Å². The molecule has 0 atom stereocenters. The molecule has 3 aromatic rings. The van der Waals surface area contributed by atoms with Crippen molar-refractivity contribution in [2.45, 2.75) is 47.5 Å². The lowest BCUT2D eigenvalue weighted by Crippen LogP contribution is -2.15. The lowest BCUT2D eigenvalue weighted by atomic mass is 10.1. The van der Waals surface area contributed by atoms with Crippen LogP contribution in [0.4, 0.5) is 5.82 Å². The molecule has 0 saturated carbocycles. The molecule has 2 heterocycles. The molecule has 0 aliphatic carbocycles. The molecule has 6 heteroatoms. The van der Waals surface area contributed by atoms with Gasteiger partial charge in [-0.2, -0.15) is 5.10 Å². The molecular formula is C20H24N4O2. The summed E-state index contributed by atoms with van der Waals surface area (Å²) in [6, 6.07) is 8.10.